The fourth-order valence-electron chi connectivity index (χ4n) is 4.72. The van der Waals surface area contributed by atoms with E-state index >= 15 is 0 Å². The van der Waals surface area contributed by atoms with Gasteiger partial charge in [0.2, 0.25) is 0 Å². The number of aliphatic hydroxyl groups is 1. The van der Waals surface area contributed by atoms with Gasteiger partial charge in [-0.2, -0.15) is 0 Å². The van der Waals surface area contributed by atoms with Crippen LogP contribution in [0.15, 0.2) is 84.9 Å². The van der Waals surface area contributed by atoms with E-state index < -0.39 is 0 Å². The van der Waals surface area contributed by atoms with Crippen molar-refractivity contribution in [2.24, 2.45) is 0 Å². The van der Waals surface area contributed by atoms with E-state index in [0.717, 1.165) is 18.6 Å². The van der Waals surface area contributed by atoms with Crippen LogP contribution in [0.3, 0.4) is 0 Å². The van der Waals surface area contributed by atoms with Crippen LogP contribution < -0.4 is 10.1 Å². The third-order valence-electron chi connectivity index (χ3n) is 6.64. The first-order valence-electron chi connectivity index (χ1n) is 12.0. The van der Waals surface area contributed by atoms with Crippen molar-refractivity contribution in [3.63, 3.8) is 0 Å². The number of aryl methyl sites for hydroxylation is 1. The van der Waals surface area contributed by atoms with Gasteiger partial charge in [-0.05, 0) is 73.3 Å². The second-order valence-electron chi connectivity index (χ2n) is 8.96. The molecule has 0 heterocycles. The van der Waals surface area contributed by atoms with Crippen LogP contribution in [-0.2, 0) is 13.0 Å². The molecular weight excluding hydrogens is 394 g/mol. The molecular formula is C29H35NO2. The van der Waals surface area contributed by atoms with E-state index in [9.17, 15) is 5.11 Å². The molecule has 0 amide bonds. The lowest BCUT2D eigenvalue weighted by Crippen LogP contribution is -2.42. The molecule has 1 unspecified atom stereocenters. The summed E-state index contributed by atoms with van der Waals surface area (Å²) in [7, 11) is 0. The van der Waals surface area contributed by atoms with Crippen LogP contribution in [0.5, 0.6) is 5.75 Å². The summed E-state index contributed by atoms with van der Waals surface area (Å²) in [4.78, 5) is 0. The highest BCUT2D eigenvalue weighted by Gasteiger charge is 2.24. The number of hydrogen-bond donors (Lipinski definition) is 2. The lowest BCUT2D eigenvalue weighted by atomic mass is 9.81. The number of aliphatic hydroxyl groups excluding tert-OH is 1. The second-order valence-corrected chi connectivity index (χ2v) is 8.96. The van der Waals surface area contributed by atoms with E-state index in [-0.39, 0.29) is 12.6 Å². The molecule has 1 aliphatic rings. The largest absolute Gasteiger partial charge is 0.489 e. The van der Waals surface area contributed by atoms with Gasteiger partial charge in [0.15, 0.2) is 0 Å². The smallest absolute Gasteiger partial charge is 0.119 e. The minimum Gasteiger partial charge on any atom is -0.489 e. The lowest BCUT2D eigenvalue weighted by molar-refractivity contribution is 0.209. The molecule has 2 N–H and O–H groups in total. The average molecular weight is 430 g/mol. The van der Waals surface area contributed by atoms with Gasteiger partial charge in [-0.25, -0.2) is 0 Å². The number of benzene rings is 3. The number of ether oxygens (including phenoxy) is 1. The van der Waals surface area contributed by atoms with Crippen LogP contribution >= 0.6 is 0 Å². The van der Waals surface area contributed by atoms with E-state index in [1.54, 1.807) is 0 Å². The maximum Gasteiger partial charge on any atom is 0.119 e. The Hall–Kier alpha value is -2.62. The Labute approximate surface area is 192 Å². The van der Waals surface area contributed by atoms with Crippen molar-refractivity contribution in [3.05, 3.63) is 102 Å². The summed E-state index contributed by atoms with van der Waals surface area (Å²) in [5, 5.41) is 13.6. The fourth-order valence-corrected chi connectivity index (χ4v) is 4.72. The molecule has 3 aromatic carbocycles. The van der Waals surface area contributed by atoms with Crippen molar-refractivity contribution in [1.82, 2.24) is 5.32 Å². The maximum absolute atomic E-state index is 9.83. The van der Waals surface area contributed by atoms with Gasteiger partial charge in [0.1, 0.15) is 12.4 Å². The van der Waals surface area contributed by atoms with Gasteiger partial charge in [0.05, 0.1) is 6.61 Å². The highest BCUT2D eigenvalue weighted by atomic mass is 16.5. The van der Waals surface area contributed by atoms with Crippen molar-refractivity contribution >= 4 is 0 Å². The Morgan fingerprint density at radius 1 is 0.781 bits per heavy atom. The highest BCUT2D eigenvalue weighted by molar-refractivity contribution is 5.30. The Balaban J connectivity index is 1.20. The first kappa shape index (κ1) is 22.6. The zero-order chi connectivity index (χ0) is 22.0. The molecule has 0 radical (unpaired) electrons. The molecule has 0 saturated heterocycles. The van der Waals surface area contributed by atoms with Crippen LogP contribution in [0.25, 0.3) is 0 Å². The Bertz CT molecular complexity index is 903. The van der Waals surface area contributed by atoms with E-state index in [1.807, 2.05) is 18.2 Å². The van der Waals surface area contributed by atoms with E-state index in [1.165, 1.54) is 42.4 Å². The maximum atomic E-state index is 9.83. The Morgan fingerprint density at radius 2 is 1.41 bits per heavy atom. The number of nitrogens with one attached hydrogen (secondary N) is 1. The van der Waals surface area contributed by atoms with Crippen molar-refractivity contribution in [1.29, 1.82) is 0 Å². The summed E-state index contributed by atoms with van der Waals surface area (Å²) in [5.41, 5.74) is 3.94. The molecule has 1 saturated carbocycles. The first-order chi connectivity index (χ1) is 15.8. The van der Waals surface area contributed by atoms with Crippen LogP contribution in [0.1, 0.15) is 54.7 Å². The summed E-state index contributed by atoms with van der Waals surface area (Å²) >= 11 is 0. The van der Waals surface area contributed by atoms with Crippen molar-refractivity contribution in [2.75, 3.05) is 6.61 Å². The van der Waals surface area contributed by atoms with Gasteiger partial charge in [0, 0.05) is 12.1 Å². The molecule has 168 valence electrons. The van der Waals surface area contributed by atoms with Gasteiger partial charge in [0.25, 0.3) is 0 Å². The van der Waals surface area contributed by atoms with Gasteiger partial charge in [-0.3, -0.25) is 0 Å². The van der Waals surface area contributed by atoms with Crippen LogP contribution in [-0.4, -0.2) is 23.8 Å². The average Bonchev–Trinajstić information content (AvgIpc) is 2.87. The van der Waals surface area contributed by atoms with Gasteiger partial charge in [-0.1, -0.05) is 72.8 Å². The minimum atomic E-state index is 0.179. The van der Waals surface area contributed by atoms with Crippen LogP contribution in [0.4, 0.5) is 0 Å². The minimum absolute atomic E-state index is 0.179. The fraction of sp³-hybridized carbons (Fsp3) is 0.379. The van der Waals surface area contributed by atoms with Crippen molar-refractivity contribution in [2.45, 2.75) is 63.1 Å². The zero-order valence-corrected chi connectivity index (χ0v) is 18.8. The summed E-state index contributed by atoms with van der Waals surface area (Å²) < 4.78 is 5.93. The molecule has 3 heteroatoms. The molecule has 1 aliphatic carbocycles. The van der Waals surface area contributed by atoms with E-state index in [0.29, 0.717) is 18.6 Å². The number of hydrogen-bond acceptors (Lipinski definition) is 3. The summed E-state index contributed by atoms with van der Waals surface area (Å²) in [5.74, 6) is 1.55. The molecule has 0 aliphatic heterocycles. The van der Waals surface area contributed by atoms with E-state index in [2.05, 4.69) is 72.0 Å². The second kappa shape index (κ2) is 11.8. The molecule has 0 aromatic heterocycles. The lowest BCUT2D eigenvalue weighted by Gasteiger charge is -2.32. The summed E-state index contributed by atoms with van der Waals surface area (Å²) in [6.45, 7) is 0.810. The molecule has 1 fully saturated rings. The molecule has 0 spiro atoms. The normalized spacial score (nSPS) is 19.4. The summed E-state index contributed by atoms with van der Waals surface area (Å²) in [6.07, 6.45) is 6.70. The Kier molecular flexibility index (Phi) is 8.35. The Morgan fingerprint density at radius 3 is 2.03 bits per heavy atom. The molecule has 3 nitrogen and oxygen atoms in total. The van der Waals surface area contributed by atoms with Crippen molar-refractivity contribution in [3.8, 4) is 5.75 Å². The molecule has 4 rings (SSSR count). The quantitative estimate of drug-likeness (QED) is 0.423. The van der Waals surface area contributed by atoms with Gasteiger partial charge in [-0.15, -0.1) is 0 Å². The zero-order valence-electron chi connectivity index (χ0n) is 18.8. The first-order valence-corrected chi connectivity index (χ1v) is 12.0. The molecule has 3 aromatic rings. The predicted molar refractivity (Wildman–Crippen MR) is 131 cm³/mol. The highest BCUT2D eigenvalue weighted by Crippen LogP contribution is 2.34. The van der Waals surface area contributed by atoms with E-state index in [4.69, 9.17) is 4.74 Å². The van der Waals surface area contributed by atoms with Crippen LogP contribution in [0, 0.1) is 0 Å². The third kappa shape index (κ3) is 6.69. The molecule has 32 heavy (non-hydrogen) atoms. The molecule has 0 bridgehead atoms. The number of rotatable bonds is 10. The van der Waals surface area contributed by atoms with Crippen LogP contribution in [0.2, 0.25) is 0 Å². The van der Waals surface area contributed by atoms with Gasteiger partial charge >= 0.3 is 0 Å². The SMILES string of the molecule is OCC(CCc1ccccc1)N[C@H]1CC[C@@H](c2ccc(OCc3ccccc3)cc2)CC1. The standard InChI is InChI=1S/C29H35NO2/c31-21-28(16-11-23-7-3-1-4-8-23)30-27-17-12-25(13-18-27)26-14-19-29(20-15-26)32-22-24-9-5-2-6-10-24/h1-10,14-15,19-20,25,27-28,30-31H,11-13,16-18,21-22H2/t25-,27+,28?. The third-order valence-corrected chi connectivity index (χ3v) is 6.64. The summed E-state index contributed by atoms with van der Waals surface area (Å²) in [6, 6.07) is 30.2. The predicted octanol–water partition coefficient (Wildman–Crippen LogP) is 5.88. The monoisotopic (exact) mass is 429 g/mol. The molecule has 1 atom stereocenters. The topological polar surface area (TPSA) is 41.5 Å². The van der Waals surface area contributed by atoms with Crippen molar-refractivity contribution < 1.29 is 9.84 Å². The van der Waals surface area contributed by atoms with Gasteiger partial charge < -0.3 is 15.2 Å².